The summed E-state index contributed by atoms with van der Waals surface area (Å²) in [6.45, 7) is 18.6. The first-order chi connectivity index (χ1) is 15.2. The van der Waals surface area contributed by atoms with Crippen LogP contribution >= 0.6 is 11.6 Å². The standard InChI is InChI=1S/C25H39ClN2O4S/c1-9-14-31-21-15-17(2)20(26)16-19(21)22(27-33(30)25(6,7)8)18-10-12-28(13-11-18)23(29)32-24(3,4)5/h9,15-16,18,22,27H,1,10-14H2,2-8H3/t22?,33-/m0/s1. The molecule has 1 aromatic rings. The number of hydrogen-bond donors (Lipinski definition) is 1. The summed E-state index contributed by atoms with van der Waals surface area (Å²) in [5, 5.41) is 0.635. The van der Waals surface area contributed by atoms with E-state index in [9.17, 15) is 9.35 Å². The van der Waals surface area contributed by atoms with Crippen LogP contribution in [0.5, 0.6) is 5.75 Å². The number of ether oxygens (including phenoxy) is 2. The lowest BCUT2D eigenvalue weighted by Gasteiger charge is -2.38. The van der Waals surface area contributed by atoms with Crippen LogP contribution in [-0.4, -0.2) is 45.6 Å². The molecule has 1 fully saturated rings. The molecule has 1 aromatic carbocycles. The van der Waals surface area contributed by atoms with Crippen LogP contribution in [0.3, 0.4) is 0 Å². The molecule has 1 saturated heterocycles. The molecule has 0 radical (unpaired) electrons. The van der Waals surface area contributed by atoms with E-state index >= 15 is 0 Å². The Kier molecular flexibility index (Phi) is 9.57. The number of carbonyl (C=O) groups is 1. The van der Waals surface area contributed by atoms with Crippen molar-refractivity contribution in [2.45, 2.75) is 77.7 Å². The van der Waals surface area contributed by atoms with Crippen molar-refractivity contribution in [1.29, 1.82) is 0 Å². The van der Waals surface area contributed by atoms with Crippen molar-refractivity contribution in [3.63, 3.8) is 0 Å². The van der Waals surface area contributed by atoms with Crippen LogP contribution in [0.2, 0.25) is 5.02 Å². The fraction of sp³-hybridized carbons (Fsp3) is 0.640. The summed E-state index contributed by atoms with van der Waals surface area (Å²) in [4.78, 5) is 14.3. The highest BCUT2D eigenvalue weighted by Gasteiger charge is 2.38. The van der Waals surface area contributed by atoms with Gasteiger partial charge in [-0.2, -0.15) is 0 Å². The first-order valence-corrected chi connectivity index (χ1v) is 13.0. The van der Waals surface area contributed by atoms with E-state index in [1.165, 1.54) is 0 Å². The molecule has 0 aromatic heterocycles. The van der Waals surface area contributed by atoms with Gasteiger partial charge in [-0.3, -0.25) is 0 Å². The maximum absolute atomic E-state index is 13.1. The van der Waals surface area contributed by atoms with E-state index in [2.05, 4.69) is 11.3 Å². The van der Waals surface area contributed by atoms with Gasteiger partial charge >= 0.3 is 6.09 Å². The molecule has 2 rings (SSSR count). The lowest BCUT2D eigenvalue weighted by molar-refractivity contribution is 0.0171. The zero-order valence-electron chi connectivity index (χ0n) is 21.0. The van der Waals surface area contributed by atoms with Crippen LogP contribution in [0.1, 0.15) is 71.6 Å². The monoisotopic (exact) mass is 498 g/mol. The highest BCUT2D eigenvalue weighted by atomic mass is 35.5. The molecule has 1 unspecified atom stereocenters. The molecule has 0 aliphatic carbocycles. The normalized spacial score (nSPS) is 17.4. The van der Waals surface area contributed by atoms with Crippen LogP contribution < -0.4 is 9.46 Å². The lowest BCUT2D eigenvalue weighted by atomic mass is 9.85. The maximum atomic E-state index is 13.1. The molecule has 6 nitrogen and oxygen atoms in total. The number of benzene rings is 1. The van der Waals surface area contributed by atoms with Crippen molar-refractivity contribution in [2.75, 3.05) is 19.7 Å². The number of hydrogen-bond acceptors (Lipinski definition) is 5. The van der Waals surface area contributed by atoms with Crippen molar-refractivity contribution in [2.24, 2.45) is 5.92 Å². The second kappa shape index (κ2) is 11.3. The van der Waals surface area contributed by atoms with Gasteiger partial charge in [0, 0.05) is 35.0 Å². The molecule has 0 saturated carbocycles. The molecule has 1 amide bonds. The number of nitrogens with zero attached hydrogens (tertiary/aromatic N) is 1. The SMILES string of the molecule is C=CCOc1cc(C)c(Cl)cc1C(N[S@@+]([O-])C(C)(C)C)C1CCN(C(=O)OC(C)(C)C)CC1. The summed E-state index contributed by atoms with van der Waals surface area (Å²) in [6, 6.07) is 3.59. The van der Waals surface area contributed by atoms with Gasteiger partial charge in [0.1, 0.15) is 22.7 Å². The topological polar surface area (TPSA) is 73.9 Å². The Balaban J connectivity index is 2.32. The Morgan fingerprint density at radius 1 is 1.30 bits per heavy atom. The summed E-state index contributed by atoms with van der Waals surface area (Å²) in [6.07, 6.45) is 2.88. The predicted molar refractivity (Wildman–Crippen MR) is 136 cm³/mol. The van der Waals surface area contributed by atoms with Gasteiger partial charge in [0.25, 0.3) is 0 Å². The van der Waals surface area contributed by atoms with Gasteiger partial charge in [0.2, 0.25) is 0 Å². The molecule has 1 N–H and O–H groups in total. The Morgan fingerprint density at radius 3 is 2.42 bits per heavy atom. The van der Waals surface area contributed by atoms with Gasteiger partial charge in [-0.15, -0.1) is 4.72 Å². The number of carbonyl (C=O) groups excluding carboxylic acids is 1. The molecule has 186 valence electrons. The Morgan fingerprint density at radius 2 is 1.91 bits per heavy atom. The van der Waals surface area contributed by atoms with E-state index in [0.29, 0.717) is 30.5 Å². The van der Waals surface area contributed by atoms with E-state index in [1.54, 1.807) is 11.0 Å². The number of amides is 1. The molecule has 2 atom stereocenters. The summed E-state index contributed by atoms with van der Waals surface area (Å²) in [5.74, 6) is 0.842. The van der Waals surface area contributed by atoms with Crippen LogP contribution in [0.15, 0.2) is 24.8 Å². The minimum absolute atomic E-state index is 0.139. The number of aryl methyl sites for hydroxylation is 1. The number of rotatable bonds is 7. The Bertz CT molecular complexity index is 827. The molecule has 0 spiro atoms. The first kappa shape index (κ1) is 27.8. The van der Waals surface area contributed by atoms with E-state index in [0.717, 1.165) is 24.0 Å². The summed E-state index contributed by atoms with van der Waals surface area (Å²) >= 11 is 5.21. The van der Waals surface area contributed by atoms with E-state index in [4.69, 9.17) is 21.1 Å². The molecular formula is C25H39ClN2O4S. The number of nitrogens with one attached hydrogen (secondary N) is 1. The van der Waals surface area contributed by atoms with Crippen molar-refractivity contribution < 1.29 is 18.8 Å². The zero-order chi connectivity index (χ0) is 25.0. The highest BCUT2D eigenvalue weighted by Crippen LogP contribution is 2.39. The van der Waals surface area contributed by atoms with Crippen LogP contribution in [0.4, 0.5) is 4.79 Å². The summed E-state index contributed by atoms with van der Waals surface area (Å²) in [5.41, 5.74) is 1.26. The van der Waals surface area contributed by atoms with Gasteiger partial charge in [-0.25, -0.2) is 4.79 Å². The molecule has 1 aliphatic rings. The second-order valence-electron chi connectivity index (χ2n) is 10.5. The van der Waals surface area contributed by atoms with Crippen LogP contribution in [0.25, 0.3) is 0 Å². The van der Waals surface area contributed by atoms with E-state index in [-0.39, 0.29) is 18.1 Å². The largest absolute Gasteiger partial charge is 0.598 e. The van der Waals surface area contributed by atoms with Crippen molar-refractivity contribution in [3.8, 4) is 5.75 Å². The summed E-state index contributed by atoms with van der Waals surface area (Å²) < 4.78 is 27.6. The first-order valence-electron chi connectivity index (χ1n) is 11.4. The van der Waals surface area contributed by atoms with Crippen LogP contribution in [-0.2, 0) is 16.1 Å². The average molecular weight is 499 g/mol. The van der Waals surface area contributed by atoms with E-state index < -0.39 is 21.7 Å². The molecule has 33 heavy (non-hydrogen) atoms. The smallest absolute Gasteiger partial charge is 0.410 e. The third kappa shape index (κ3) is 8.09. The molecule has 8 heteroatoms. The third-order valence-electron chi connectivity index (χ3n) is 5.44. The van der Waals surface area contributed by atoms with Gasteiger partial charge < -0.3 is 18.9 Å². The fourth-order valence-corrected chi connectivity index (χ4v) is 4.71. The number of likely N-dealkylation sites (tertiary alicyclic amines) is 1. The third-order valence-corrected chi connectivity index (χ3v) is 7.42. The molecular weight excluding hydrogens is 460 g/mol. The van der Waals surface area contributed by atoms with Crippen molar-refractivity contribution in [3.05, 3.63) is 40.9 Å². The Labute approximate surface area is 207 Å². The minimum atomic E-state index is -1.30. The van der Waals surface area contributed by atoms with Crippen molar-refractivity contribution in [1.82, 2.24) is 9.62 Å². The molecule has 1 aliphatic heterocycles. The molecule has 1 heterocycles. The average Bonchev–Trinajstić information content (AvgIpc) is 2.70. The van der Waals surface area contributed by atoms with Gasteiger partial charge in [-0.05, 0) is 84.9 Å². The zero-order valence-corrected chi connectivity index (χ0v) is 22.6. The number of piperidine rings is 1. The van der Waals surface area contributed by atoms with Gasteiger partial charge in [0.05, 0.1) is 6.04 Å². The van der Waals surface area contributed by atoms with Gasteiger partial charge in [-0.1, -0.05) is 24.3 Å². The maximum Gasteiger partial charge on any atom is 0.410 e. The highest BCUT2D eigenvalue weighted by molar-refractivity contribution is 7.90. The van der Waals surface area contributed by atoms with Crippen molar-refractivity contribution >= 4 is 29.1 Å². The number of halogens is 1. The molecule has 0 bridgehead atoms. The fourth-order valence-electron chi connectivity index (χ4n) is 3.63. The lowest BCUT2D eigenvalue weighted by Crippen LogP contribution is -2.47. The summed E-state index contributed by atoms with van der Waals surface area (Å²) in [7, 11) is 0. The predicted octanol–water partition coefficient (Wildman–Crippen LogP) is 5.95. The quantitative estimate of drug-likeness (QED) is 0.371. The minimum Gasteiger partial charge on any atom is -0.598 e. The van der Waals surface area contributed by atoms with Crippen LogP contribution in [0, 0.1) is 12.8 Å². The van der Waals surface area contributed by atoms with Gasteiger partial charge in [0.15, 0.2) is 0 Å². The Hall–Kier alpha value is -1.41. The second-order valence-corrected chi connectivity index (χ2v) is 12.9. The van der Waals surface area contributed by atoms with E-state index in [1.807, 2.05) is 60.6 Å².